The largest absolute Gasteiger partial charge is 0.334 e. The van der Waals surface area contributed by atoms with Crippen molar-refractivity contribution in [3.05, 3.63) is 24.3 Å². The predicted octanol–water partition coefficient (Wildman–Crippen LogP) is 1.16. The fourth-order valence-corrected chi connectivity index (χ4v) is 4.28. The number of benzene rings is 1. The van der Waals surface area contributed by atoms with E-state index in [-0.39, 0.29) is 16.8 Å². The minimum atomic E-state index is -3.41. The number of nitrogens with one attached hydrogen (secondary N) is 1. The van der Waals surface area contributed by atoms with Crippen LogP contribution in [0.3, 0.4) is 0 Å². The number of sulfonamides is 1. The van der Waals surface area contributed by atoms with Gasteiger partial charge in [-0.1, -0.05) is 6.92 Å². The molecule has 6 nitrogen and oxygen atoms in total. The molecule has 1 aliphatic heterocycles. The molecule has 3 N–H and O–H groups in total. The molecule has 134 valence electrons. The molecule has 1 fully saturated rings. The Kier molecular flexibility index (Phi) is 6.37. The van der Waals surface area contributed by atoms with E-state index in [1.165, 1.54) is 4.31 Å². The fraction of sp³-hybridized carbons (Fsp3) is 0.588. The van der Waals surface area contributed by atoms with Crippen molar-refractivity contribution >= 4 is 21.6 Å². The Morgan fingerprint density at radius 3 is 2.33 bits per heavy atom. The van der Waals surface area contributed by atoms with Crippen molar-refractivity contribution in [1.29, 1.82) is 0 Å². The summed E-state index contributed by atoms with van der Waals surface area (Å²) in [6.45, 7) is 7.22. The molecular formula is C17H28N3O3S+. The van der Waals surface area contributed by atoms with Gasteiger partial charge in [0, 0.05) is 18.8 Å². The summed E-state index contributed by atoms with van der Waals surface area (Å²) in [7, 11) is -3.41. The Bertz CT molecular complexity index is 652. The van der Waals surface area contributed by atoms with Crippen molar-refractivity contribution in [3.63, 3.8) is 0 Å². The van der Waals surface area contributed by atoms with Crippen LogP contribution in [0.4, 0.5) is 5.69 Å². The quantitative estimate of drug-likeness (QED) is 0.771. The van der Waals surface area contributed by atoms with Crippen molar-refractivity contribution in [1.82, 2.24) is 4.31 Å². The van der Waals surface area contributed by atoms with Crippen LogP contribution in [0.2, 0.25) is 0 Å². The zero-order valence-corrected chi connectivity index (χ0v) is 15.5. The van der Waals surface area contributed by atoms with Crippen LogP contribution in [0, 0.1) is 0 Å². The molecule has 0 aromatic heterocycles. The van der Waals surface area contributed by atoms with Gasteiger partial charge in [-0.15, -0.1) is 0 Å². The maximum absolute atomic E-state index is 12.5. The fourth-order valence-electron chi connectivity index (χ4n) is 2.76. The standard InChI is InChI=1S/C17H27N3O3S/c1-4-13(2)18-14(3)17(21)19-15-7-9-16(10-8-15)24(22,23)20-11-5-6-12-20/h7-10,13-14,18H,4-6,11-12H2,1-3H3,(H,19,21)/p+1/t13-,14+/m1/s1. The van der Waals surface area contributed by atoms with Crippen molar-refractivity contribution in [2.45, 2.75) is 57.0 Å². The second-order valence-electron chi connectivity index (χ2n) is 6.49. The lowest BCUT2D eigenvalue weighted by Crippen LogP contribution is -2.95. The molecule has 1 aromatic carbocycles. The van der Waals surface area contributed by atoms with Crippen LogP contribution in [-0.4, -0.2) is 43.8 Å². The van der Waals surface area contributed by atoms with Crippen LogP contribution in [0.25, 0.3) is 0 Å². The highest BCUT2D eigenvalue weighted by Gasteiger charge is 2.27. The van der Waals surface area contributed by atoms with E-state index in [0.29, 0.717) is 24.8 Å². The van der Waals surface area contributed by atoms with Crippen LogP contribution >= 0.6 is 0 Å². The topological polar surface area (TPSA) is 83.1 Å². The lowest BCUT2D eigenvalue weighted by atomic mass is 10.2. The summed E-state index contributed by atoms with van der Waals surface area (Å²) in [5.74, 6) is -0.0783. The van der Waals surface area contributed by atoms with Crippen LogP contribution in [0.15, 0.2) is 29.2 Å². The summed E-state index contributed by atoms with van der Waals surface area (Å²) in [5.41, 5.74) is 0.616. The van der Waals surface area contributed by atoms with Crippen LogP contribution in [0.5, 0.6) is 0 Å². The van der Waals surface area contributed by atoms with Crippen LogP contribution in [-0.2, 0) is 14.8 Å². The molecule has 1 aromatic rings. The number of amides is 1. The summed E-state index contributed by atoms with van der Waals surface area (Å²) in [4.78, 5) is 12.5. The number of nitrogens with zero attached hydrogens (tertiary/aromatic N) is 1. The van der Waals surface area contributed by atoms with Gasteiger partial charge in [0.15, 0.2) is 6.04 Å². The van der Waals surface area contributed by atoms with Gasteiger partial charge in [0.25, 0.3) is 5.91 Å². The number of hydrogen-bond acceptors (Lipinski definition) is 3. The lowest BCUT2D eigenvalue weighted by Gasteiger charge is -2.17. The second kappa shape index (κ2) is 8.09. The molecule has 1 saturated heterocycles. The summed E-state index contributed by atoms with van der Waals surface area (Å²) in [6, 6.07) is 6.62. The number of nitrogens with two attached hydrogens (primary N) is 1. The molecule has 0 spiro atoms. The van der Waals surface area contributed by atoms with Crippen LogP contribution < -0.4 is 10.6 Å². The molecule has 7 heteroatoms. The number of rotatable bonds is 7. The zero-order valence-electron chi connectivity index (χ0n) is 14.7. The Labute approximate surface area is 144 Å². The molecular weight excluding hydrogens is 326 g/mol. The third-order valence-corrected chi connectivity index (χ3v) is 6.41. The first-order chi connectivity index (χ1) is 11.3. The first-order valence-electron chi connectivity index (χ1n) is 8.60. The maximum Gasteiger partial charge on any atom is 0.282 e. The minimum Gasteiger partial charge on any atom is -0.334 e. The number of anilines is 1. The third kappa shape index (κ3) is 4.55. The van der Waals surface area contributed by atoms with Gasteiger partial charge in [-0.25, -0.2) is 8.42 Å². The Balaban J connectivity index is 2.00. The molecule has 2 rings (SSSR count). The predicted molar refractivity (Wildman–Crippen MR) is 94.2 cm³/mol. The summed E-state index contributed by atoms with van der Waals surface area (Å²) < 4.78 is 26.4. The van der Waals surface area contributed by atoms with Crippen molar-refractivity contribution in [3.8, 4) is 0 Å². The van der Waals surface area contributed by atoms with E-state index in [0.717, 1.165) is 19.3 Å². The molecule has 0 aliphatic carbocycles. The Hall–Kier alpha value is -1.44. The van der Waals surface area contributed by atoms with Gasteiger partial charge in [0.2, 0.25) is 10.0 Å². The number of carbonyl (C=O) groups is 1. The van der Waals surface area contributed by atoms with Gasteiger partial charge in [-0.05, 0) is 57.4 Å². The van der Waals surface area contributed by atoms with Gasteiger partial charge in [-0.3, -0.25) is 4.79 Å². The smallest absolute Gasteiger partial charge is 0.282 e. The molecule has 0 bridgehead atoms. The molecule has 0 unspecified atom stereocenters. The van der Waals surface area contributed by atoms with Gasteiger partial charge in [-0.2, -0.15) is 4.31 Å². The van der Waals surface area contributed by atoms with E-state index in [1.807, 2.05) is 12.2 Å². The van der Waals surface area contributed by atoms with Gasteiger partial charge in [0.1, 0.15) is 0 Å². The SMILES string of the molecule is CC[C@@H](C)[NH2+][C@@H](C)C(=O)Nc1ccc(S(=O)(=O)N2CCCC2)cc1. The number of hydrogen-bond donors (Lipinski definition) is 2. The van der Waals surface area contributed by atoms with E-state index in [4.69, 9.17) is 0 Å². The van der Waals surface area contributed by atoms with Crippen molar-refractivity contribution < 1.29 is 18.5 Å². The molecule has 1 aliphatic rings. The first kappa shape index (κ1) is 18.9. The van der Waals surface area contributed by atoms with Crippen molar-refractivity contribution in [2.24, 2.45) is 0 Å². The molecule has 24 heavy (non-hydrogen) atoms. The van der Waals surface area contributed by atoms with Gasteiger partial charge >= 0.3 is 0 Å². The molecule has 1 amide bonds. The van der Waals surface area contributed by atoms with E-state index < -0.39 is 10.0 Å². The van der Waals surface area contributed by atoms with E-state index in [9.17, 15) is 13.2 Å². The first-order valence-corrected chi connectivity index (χ1v) is 10.0. The highest BCUT2D eigenvalue weighted by atomic mass is 32.2. The monoisotopic (exact) mass is 354 g/mol. The molecule has 0 saturated carbocycles. The van der Waals surface area contributed by atoms with Gasteiger partial charge < -0.3 is 10.6 Å². The Morgan fingerprint density at radius 1 is 1.21 bits per heavy atom. The van der Waals surface area contributed by atoms with E-state index in [2.05, 4.69) is 19.2 Å². The maximum atomic E-state index is 12.5. The highest BCUT2D eigenvalue weighted by molar-refractivity contribution is 7.89. The molecule has 1 heterocycles. The van der Waals surface area contributed by atoms with Crippen molar-refractivity contribution in [2.75, 3.05) is 18.4 Å². The average molecular weight is 354 g/mol. The van der Waals surface area contributed by atoms with E-state index >= 15 is 0 Å². The minimum absolute atomic E-state index is 0.0783. The summed E-state index contributed by atoms with van der Waals surface area (Å²) >= 11 is 0. The molecule has 0 radical (unpaired) electrons. The summed E-state index contributed by atoms with van der Waals surface area (Å²) in [5, 5.41) is 4.87. The summed E-state index contributed by atoms with van der Waals surface area (Å²) in [6.07, 6.45) is 2.83. The van der Waals surface area contributed by atoms with Gasteiger partial charge in [0.05, 0.1) is 10.9 Å². The Morgan fingerprint density at radius 2 is 1.79 bits per heavy atom. The third-order valence-electron chi connectivity index (χ3n) is 4.50. The average Bonchev–Trinajstić information content (AvgIpc) is 3.10. The molecule has 2 atom stereocenters. The zero-order chi connectivity index (χ0) is 17.7. The highest BCUT2D eigenvalue weighted by Crippen LogP contribution is 2.22. The second-order valence-corrected chi connectivity index (χ2v) is 8.43. The number of quaternary nitrogens is 1. The van der Waals surface area contributed by atoms with Crippen LogP contribution in [0.1, 0.15) is 40.0 Å². The normalized spacial score (nSPS) is 18.3. The number of carbonyl (C=O) groups excluding carboxylic acids is 1. The van der Waals surface area contributed by atoms with E-state index in [1.54, 1.807) is 24.3 Å². The lowest BCUT2D eigenvalue weighted by molar-refractivity contribution is -0.703.